The van der Waals surface area contributed by atoms with Gasteiger partial charge in [-0.05, 0) is 13.8 Å². The molecule has 66 valence electrons. The van der Waals surface area contributed by atoms with Crippen molar-refractivity contribution in [1.29, 1.82) is 0 Å². The molecule has 0 rings (SSSR count). The molecule has 0 aliphatic carbocycles. The van der Waals surface area contributed by atoms with E-state index in [0.717, 1.165) is 0 Å². The molecular formula is C7H11NO3Si. The number of ether oxygens (including phenoxy) is 1. The van der Waals surface area contributed by atoms with Crippen LogP contribution in [0.3, 0.4) is 0 Å². The van der Waals surface area contributed by atoms with Gasteiger partial charge in [-0.3, -0.25) is 5.32 Å². The monoisotopic (exact) mass is 185 g/mol. The number of nitrogens with one attached hydrogen (secondary N) is 1. The van der Waals surface area contributed by atoms with Crippen LogP contribution in [-0.4, -0.2) is 28.3 Å². The SMILES string of the molecule is CCOC(=O)NC=C(C)C(=O)[SiH]. The minimum atomic E-state index is -0.553. The average molecular weight is 185 g/mol. The highest BCUT2D eigenvalue weighted by Gasteiger charge is 1.98. The van der Waals surface area contributed by atoms with Crippen molar-refractivity contribution in [1.82, 2.24) is 5.32 Å². The van der Waals surface area contributed by atoms with Crippen LogP contribution in [-0.2, 0) is 9.53 Å². The van der Waals surface area contributed by atoms with E-state index < -0.39 is 6.09 Å². The molecule has 0 unspecified atom stereocenters. The van der Waals surface area contributed by atoms with Crippen molar-refractivity contribution in [3.05, 3.63) is 11.8 Å². The Balaban J connectivity index is 3.87. The van der Waals surface area contributed by atoms with E-state index in [-0.39, 0.29) is 5.41 Å². The van der Waals surface area contributed by atoms with Crippen LogP contribution >= 0.6 is 0 Å². The summed E-state index contributed by atoms with van der Waals surface area (Å²) < 4.78 is 4.56. The molecule has 2 radical (unpaired) electrons. The summed E-state index contributed by atoms with van der Waals surface area (Å²) in [5.41, 5.74) is 0.452. The Morgan fingerprint density at radius 2 is 2.17 bits per heavy atom. The summed E-state index contributed by atoms with van der Waals surface area (Å²) in [5.74, 6) is 0. The van der Waals surface area contributed by atoms with Gasteiger partial charge in [0.25, 0.3) is 0 Å². The highest BCUT2D eigenvalue weighted by molar-refractivity contribution is 6.62. The predicted octanol–water partition coefficient (Wildman–Crippen LogP) is 0.0637. The van der Waals surface area contributed by atoms with Crippen molar-refractivity contribution in [2.45, 2.75) is 13.8 Å². The van der Waals surface area contributed by atoms with Crippen LogP contribution in [0.2, 0.25) is 0 Å². The Hall–Kier alpha value is -1.10. The van der Waals surface area contributed by atoms with Crippen LogP contribution in [0.4, 0.5) is 4.79 Å². The first kappa shape index (κ1) is 10.9. The molecular weight excluding hydrogens is 174 g/mol. The summed E-state index contributed by atoms with van der Waals surface area (Å²) in [5, 5.41) is 2.15. The lowest BCUT2D eigenvalue weighted by Crippen LogP contribution is -2.19. The van der Waals surface area contributed by atoms with Gasteiger partial charge in [0, 0.05) is 11.8 Å². The zero-order valence-corrected chi connectivity index (χ0v) is 8.24. The standard InChI is InChI=1S/C7H11NO3Si/c1-3-11-7(10)8-4-5(2)6(9)12/h4,12H,3H2,1-2H3,(H,8,10). The van der Waals surface area contributed by atoms with Gasteiger partial charge in [0.15, 0.2) is 0 Å². The topological polar surface area (TPSA) is 55.4 Å². The third kappa shape index (κ3) is 4.67. The maximum absolute atomic E-state index is 10.7. The van der Waals surface area contributed by atoms with Gasteiger partial charge in [-0.15, -0.1) is 0 Å². The number of rotatable bonds is 3. The van der Waals surface area contributed by atoms with Crippen molar-refractivity contribution in [2.75, 3.05) is 6.61 Å². The van der Waals surface area contributed by atoms with Crippen LogP contribution < -0.4 is 5.32 Å². The molecule has 4 nitrogen and oxygen atoms in total. The summed E-state index contributed by atoms with van der Waals surface area (Å²) >= 11 is 0. The molecule has 0 fully saturated rings. The maximum atomic E-state index is 10.7. The average Bonchev–Trinajstić information content (AvgIpc) is 2.00. The molecule has 0 saturated carbocycles. The van der Waals surface area contributed by atoms with E-state index in [0.29, 0.717) is 12.2 Å². The van der Waals surface area contributed by atoms with E-state index in [1.165, 1.54) is 6.20 Å². The van der Waals surface area contributed by atoms with Gasteiger partial charge in [-0.1, -0.05) is 0 Å². The molecule has 0 saturated heterocycles. The summed E-state index contributed by atoms with van der Waals surface area (Å²) in [4.78, 5) is 21.3. The second kappa shape index (κ2) is 5.53. The lowest BCUT2D eigenvalue weighted by atomic mass is 10.4. The Bertz CT molecular complexity index is 213. The van der Waals surface area contributed by atoms with Crippen LogP contribution in [0.1, 0.15) is 13.8 Å². The lowest BCUT2D eigenvalue weighted by Gasteiger charge is -2.00. The third-order valence-corrected chi connectivity index (χ3v) is 1.53. The Labute approximate surface area is 74.4 Å². The van der Waals surface area contributed by atoms with Crippen LogP contribution in [0.5, 0.6) is 0 Å². The highest BCUT2D eigenvalue weighted by Crippen LogP contribution is 1.88. The fraction of sp³-hybridized carbons (Fsp3) is 0.429. The third-order valence-electron chi connectivity index (χ3n) is 1.07. The molecule has 0 bridgehead atoms. The molecule has 0 aromatic carbocycles. The minimum Gasteiger partial charge on any atom is -0.450 e. The van der Waals surface area contributed by atoms with Crippen LogP contribution in [0.25, 0.3) is 0 Å². The quantitative estimate of drug-likeness (QED) is 0.500. The van der Waals surface area contributed by atoms with Gasteiger partial charge in [0.1, 0.15) is 15.6 Å². The molecule has 1 amide bonds. The van der Waals surface area contributed by atoms with E-state index >= 15 is 0 Å². The van der Waals surface area contributed by atoms with Crippen molar-refractivity contribution in [3.8, 4) is 0 Å². The predicted molar refractivity (Wildman–Crippen MR) is 46.1 cm³/mol. The summed E-state index contributed by atoms with van der Waals surface area (Å²) in [6, 6.07) is 0. The Kier molecular flexibility index (Phi) is 5.03. The first-order valence-electron chi connectivity index (χ1n) is 3.47. The van der Waals surface area contributed by atoms with Crippen LogP contribution in [0, 0.1) is 0 Å². The zero-order valence-electron chi connectivity index (χ0n) is 7.09. The van der Waals surface area contributed by atoms with Crippen molar-refractivity contribution < 1.29 is 14.3 Å². The molecule has 0 aliphatic rings. The number of allylic oxidation sites excluding steroid dienone is 1. The number of alkyl carbamates (subject to hydrolysis) is 1. The second-order valence-corrected chi connectivity index (χ2v) is 2.58. The molecule has 0 aromatic rings. The van der Waals surface area contributed by atoms with Crippen molar-refractivity contribution in [2.24, 2.45) is 0 Å². The summed E-state index contributed by atoms with van der Waals surface area (Å²) in [6.07, 6.45) is 0.760. The lowest BCUT2D eigenvalue weighted by molar-refractivity contribution is -0.108. The molecule has 1 N–H and O–H groups in total. The highest BCUT2D eigenvalue weighted by atomic mass is 28.1. The smallest absolute Gasteiger partial charge is 0.411 e. The van der Waals surface area contributed by atoms with Gasteiger partial charge in [-0.2, -0.15) is 0 Å². The normalized spacial score (nSPS) is 10.8. The van der Waals surface area contributed by atoms with Gasteiger partial charge < -0.3 is 9.53 Å². The molecule has 0 spiro atoms. The largest absolute Gasteiger partial charge is 0.450 e. The van der Waals surface area contributed by atoms with E-state index in [2.05, 4.69) is 10.1 Å². The number of carbonyl (C=O) groups excluding carboxylic acids is 2. The van der Waals surface area contributed by atoms with Crippen molar-refractivity contribution >= 4 is 21.7 Å². The van der Waals surface area contributed by atoms with E-state index in [4.69, 9.17) is 0 Å². The second-order valence-electron chi connectivity index (χ2n) is 2.06. The molecule has 12 heavy (non-hydrogen) atoms. The molecule has 0 heterocycles. The van der Waals surface area contributed by atoms with Gasteiger partial charge in [0.2, 0.25) is 0 Å². The summed E-state index contributed by atoms with van der Waals surface area (Å²) in [7, 11) is 2.01. The molecule has 0 atom stereocenters. The Morgan fingerprint density at radius 3 is 2.58 bits per heavy atom. The maximum Gasteiger partial charge on any atom is 0.411 e. The van der Waals surface area contributed by atoms with E-state index in [1.54, 1.807) is 13.8 Å². The Morgan fingerprint density at radius 1 is 1.58 bits per heavy atom. The number of hydrogen-bond acceptors (Lipinski definition) is 3. The summed E-state index contributed by atoms with van der Waals surface area (Å²) in [6.45, 7) is 3.62. The molecule has 0 aromatic heterocycles. The minimum absolute atomic E-state index is 0.160. The fourth-order valence-electron chi connectivity index (χ4n) is 0.411. The zero-order chi connectivity index (χ0) is 9.56. The van der Waals surface area contributed by atoms with Gasteiger partial charge >= 0.3 is 6.09 Å². The van der Waals surface area contributed by atoms with Gasteiger partial charge in [0.05, 0.1) is 6.61 Å². The van der Waals surface area contributed by atoms with E-state index in [9.17, 15) is 9.59 Å². The van der Waals surface area contributed by atoms with Gasteiger partial charge in [-0.25, -0.2) is 4.79 Å². The number of carbonyl (C=O) groups is 2. The van der Waals surface area contributed by atoms with Crippen LogP contribution in [0.15, 0.2) is 11.8 Å². The first-order valence-corrected chi connectivity index (χ1v) is 4.05. The molecule has 0 aliphatic heterocycles. The van der Waals surface area contributed by atoms with Crippen molar-refractivity contribution in [3.63, 3.8) is 0 Å². The molecule has 5 heteroatoms. The fourth-order valence-corrected chi connectivity index (χ4v) is 0.494. The first-order chi connectivity index (χ1) is 5.57. The number of amides is 1. The number of hydrogen-bond donors (Lipinski definition) is 1. The van der Waals surface area contributed by atoms with E-state index in [1.807, 2.05) is 10.2 Å².